The second-order valence-electron chi connectivity index (χ2n) is 5.97. The van der Waals surface area contributed by atoms with Crippen molar-refractivity contribution in [1.29, 1.82) is 0 Å². The van der Waals surface area contributed by atoms with Crippen molar-refractivity contribution in [3.05, 3.63) is 74.7 Å². The fourth-order valence-electron chi connectivity index (χ4n) is 2.37. The summed E-state index contributed by atoms with van der Waals surface area (Å²) >= 11 is 28.2. The summed E-state index contributed by atoms with van der Waals surface area (Å²) in [7, 11) is -10.7. The first-order valence-corrected chi connectivity index (χ1v) is 11.8. The van der Waals surface area contributed by atoms with E-state index in [-0.39, 0.29) is 0 Å². The van der Waals surface area contributed by atoms with E-state index in [2.05, 4.69) is 12.6 Å². The third kappa shape index (κ3) is 8.74. The molecule has 164 valence electrons. The van der Waals surface area contributed by atoms with Crippen LogP contribution in [0.25, 0.3) is 22.3 Å². The Kier molecular flexibility index (Phi) is 7.01. The van der Waals surface area contributed by atoms with Crippen molar-refractivity contribution in [2.45, 2.75) is 4.90 Å². The van der Waals surface area contributed by atoms with Crippen molar-refractivity contribution in [3.8, 4) is 22.3 Å². The fraction of sp³-hybridized carbons (Fsp3) is 0. The van der Waals surface area contributed by atoms with E-state index in [1.165, 1.54) is 0 Å². The SMILES string of the molecule is F[P-](F)(F)(F)(F)F.[SH2+]c1ccc(-c2ccc(Cl)cc2Cl)cc1-c1ccc(Cl)cc1Cl. The predicted molar refractivity (Wildman–Crippen MR) is 119 cm³/mol. The molecule has 0 aliphatic rings. The van der Waals surface area contributed by atoms with Gasteiger partial charge in [-0.15, -0.1) is 0 Å². The molecule has 0 atom stereocenters. The summed E-state index contributed by atoms with van der Waals surface area (Å²) in [4.78, 5) is 0.933. The molecule has 30 heavy (non-hydrogen) atoms. The predicted octanol–water partition coefficient (Wildman–Crippen LogP) is 10.4. The van der Waals surface area contributed by atoms with Crippen LogP contribution in [0.5, 0.6) is 0 Å². The van der Waals surface area contributed by atoms with Crippen LogP contribution in [0.1, 0.15) is 0 Å². The monoisotopic (exact) mass is 544 g/mol. The first-order valence-electron chi connectivity index (χ1n) is 7.73. The van der Waals surface area contributed by atoms with Crippen LogP contribution in [0.4, 0.5) is 25.2 Å². The van der Waals surface area contributed by atoms with Crippen LogP contribution in [0.15, 0.2) is 59.5 Å². The number of hydrogen-bond acceptors (Lipinski definition) is 0. The third-order valence-electron chi connectivity index (χ3n) is 3.48. The fourth-order valence-corrected chi connectivity index (χ4v) is 3.68. The van der Waals surface area contributed by atoms with E-state index < -0.39 is 7.81 Å². The summed E-state index contributed by atoms with van der Waals surface area (Å²) in [5.41, 5.74) is 3.75. The summed E-state index contributed by atoms with van der Waals surface area (Å²) in [5.74, 6) is 0. The van der Waals surface area contributed by atoms with E-state index in [9.17, 15) is 25.2 Å². The van der Waals surface area contributed by atoms with Crippen molar-refractivity contribution in [1.82, 2.24) is 0 Å². The van der Waals surface area contributed by atoms with Gasteiger partial charge in [-0.25, -0.2) is 0 Å². The molecule has 0 aliphatic carbocycles. The Morgan fingerprint density at radius 2 is 1.00 bits per heavy atom. The molecule has 3 aromatic rings. The molecule has 12 heteroatoms. The van der Waals surface area contributed by atoms with Crippen molar-refractivity contribution in [3.63, 3.8) is 0 Å². The van der Waals surface area contributed by atoms with Crippen LogP contribution < -0.4 is 0 Å². The molecule has 0 spiro atoms. The van der Waals surface area contributed by atoms with E-state index in [1.807, 2.05) is 42.5 Å². The molecule has 0 bridgehead atoms. The third-order valence-corrected chi connectivity index (χ3v) is 5.01. The Morgan fingerprint density at radius 3 is 1.43 bits per heavy atom. The molecule has 3 rings (SSSR count). The van der Waals surface area contributed by atoms with Gasteiger partial charge in [0.25, 0.3) is 0 Å². The van der Waals surface area contributed by atoms with Gasteiger partial charge in [0.05, 0.1) is 5.02 Å². The van der Waals surface area contributed by atoms with Gasteiger partial charge in [0.15, 0.2) is 4.90 Å². The van der Waals surface area contributed by atoms with Gasteiger partial charge in [0.1, 0.15) is 0 Å². The van der Waals surface area contributed by atoms with Crippen LogP contribution in [0, 0.1) is 0 Å². The normalized spacial score (nSPS) is 13.7. The second kappa shape index (κ2) is 8.27. The Balaban J connectivity index is 0.000000396. The van der Waals surface area contributed by atoms with Crippen LogP contribution in [0.2, 0.25) is 20.1 Å². The number of rotatable bonds is 2. The number of hydrogen-bond donors (Lipinski definition) is 0. The first-order chi connectivity index (χ1) is 13.4. The Bertz CT molecular complexity index is 1090. The zero-order valence-electron chi connectivity index (χ0n) is 14.4. The summed E-state index contributed by atoms with van der Waals surface area (Å²) in [6.45, 7) is 0. The molecular formula is C18H11Cl4F6PS. The molecule has 0 unspecified atom stereocenters. The maximum atomic E-state index is 9.87. The van der Waals surface area contributed by atoms with Crippen molar-refractivity contribution in [2.75, 3.05) is 0 Å². The molecular weight excluding hydrogens is 535 g/mol. The maximum Gasteiger partial charge on any atom is 0.158 e. The van der Waals surface area contributed by atoms with Gasteiger partial charge in [-0.2, -0.15) is 0 Å². The van der Waals surface area contributed by atoms with Crippen molar-refractivity contribution in [2.24, 2.45) is 0 Å². The molecule has 0 heterocycles. The first kappa shape index (κ1) is 25.4. The maximum absolute atomic E-state index is 10.7. The largest absolute Gasteiger partial charge is 0.158 e. The molecule has 0 saturated heterocycles. The van der Waals surface area contributed by atoms with Gasteiger partial charge >= 0.3 is 33.0 Å². The minimum Gasteiger partial charge on any atom is -0.0843 e. The van der Waals surface area contributed by atoms with E-state index >= 15 is 0 Å². The van der Waals surface area contributed by atoms with Gasteiger partial charge in [0.2, 0.25) is 0 Å². The molecule has 0 aliphatic heterocycles. The van der Waals surface area contributed by atoms with Gasteiger partial charge in [-0.05, 0) is 60.7 Å². The van der Waals surface area contributed by atoms with Gasteiger partial charge in [0, 0.05) is 31.8 Å². The summed E-state index contributed by atoms with van der Waals surface area (Å²) in [6.07, 6.45) is 0. The van der Waals surface area contributed by atoms with Crippen LogP contribution >= 0.6 is 54.2 Å². The molecule has 0 saturated carbocycles. The van der Waals surface area contributed by atoms with Crippen LogP contribution in [-0.4, -0.2) is 0 Å². The van der Waals surface area contributed by atoms with Crippen LogP contribution in [0.3, 0.4) is 0 Å². The Hall–Kier alpha value is -0.820. The van der Waals surface area contributed by atoms with Gasteiger partial charge in [-0.1, -0.05) is 58.5 Å². The van der Waals surface area contributed by atoms with Crippen molar-refractivity contribution < 1.29 is 25.2 Å². The van der Waals surface area contributed by atoms with E-state index in [0.717, 1.165) is 27.1 Å². The van der Waals surface area contributed by atoms with Crippen molar-refractivity contribution >= 4 is 66.8 Å². The average molecular weight is 546 g/mol. The number of benzene rings is 3. The van der Waals surface area contributed by atoms with E-state index in [4.69, 9.17) is 46.4 Å². The molecule has 0 nitrogen and oxygen atoms in total. The molecule has 0 aromatic heterocycles. The minimum absolute atomic E-state index is 0.594. The second-order valence-corrected chi connectivity index (χ2v) is 10.1. The Morgan fingerprint density at radius 1 is 0.567 bits per heavy atom. The summed E-state index contributed by atoms with van der Waals surface area (Å²) in [6, 6.07) is 16.9. The van der Waals surface area contributed by atoms with Gasteiger partial charge in [-0.3, -0.25) is 0 Å². The topological polar surface area (TPSA) is 0 Å². The standard InChI is InChI=1S/C18H10Cl4S.F6P/c19-11-2-4-13(16(21)8-11)10-1-6-18(23)15(7-10)14-5-3-12(20)9-17(14)22;1-7(2,3,4,5)6/h1-9,23H;/q;-1/p+1. The Labute approximate surface area is 193 Å². The van der Waals surface area contributed by atoms with Crippen LogP contribution in [-0.2, 0) is 12.6 Å². The zero-order chi connectivity index (χ0) is 23.0. The average Bonchev–Trinajstić information content (AvgIpc) is 2.53. The zero-order valence-corrected chi connectivity index (χ0v) is 19.3. The molecule has 0 N–H and O–H groups in total. The van der Waals surface area contributed by atoms with E-state index in [0.29, 0.717) is 20.1 Å². The summed E-state index contributed by atoms with van der Waals surface area (Å²) < 4.78 is 59.2. The molecule has 3 aromatic carbocycles. The minimum atomic E-state index is -10.7. The molecule has 0 fully saturated rings. The quantitative estimate of drug-likeness (QED) is 0.171. The molecule has 0 radical (unpaired) electrons. The number of halogens is 10. The van der Waals surface area contributed by atoms with E-state index in [1.54, 1.807) is 12.1 Å². The smallest absolute Gasteiger partial charge is 0.0843 e. The van der Waals surface area contributed by atoms with Gasteiger partial charge < -0.3 is 0 Å². The molecule has 0 amide bonds. The summed E-state index contributed by atoms with van der Waals surface area (Å²) in [5, 5.41) is 2.41.